The van der Waals surface area contributed by atoms with Gasteiger partial charge in [-0.05, 0) is 6.07 Å². The molecule has 5 atom stereocenters. The van der Waals surface area contributed by atoms with Crippen LogP contribution in [0.1, 0.15) is 7.60 Å². The van der Waals surface area contributed by atoms with Crippen LogP contribution in [0.3, 0.4) is 0 Å². The molecule has 0 amide bonds. The van der Waals surface area contributed by atoms with Gasteiger partial charge in [-0.15, -0.1) is 0 Å². The van der Waals surface area contributed by atoms with Crippen LogP contribution in [0.25, 0.3) is 0 Å². The Kier molecular flexibility index (Phi) is 2.77. The fourth-order valence-electron chi connectivity index (χ4n) is 1.66. The first kappa shape index (κ1) is 10.7. The highest BCUT2D eigenvalue weighted by Gasteiger charge is 2.43. The van der Waals surface area contributed by atoms with Crippen LogP contribution in [0, 0.1) is 0 Å². The monoisotopic (exact) mass is 244 g/mol. The molecule has 0 radical (unpaired) electrons. The predicted octanol–water partition coefficient (Wildman–Crippen LogP) is -2.56. The lowest BCUT2D eigenvalue weighted by molar-refractivity contribution is -0.0549. The summed E-state index contributed by atoms with van der Waals surface area (Å²) in [7, 11) is 0. The smallest absolute Gasteiger partial charge is 0.351 e. The number of nitrogens with two attached hydrogens (primary N) is 1. The molecule has 1 aliphatic heterocycles. The number of nitrogens with zero attached hydrogens (tertiary/aromatic N) is 2. The SMILES string of the molecule is [2H]C(O)[C@H]1O[C@@H](n2ccc(N)nc2=O)[C@H](O)[C@@H]1O. The molecule has 8 nitrogen and oxygen atoms in total. The Morgan fingerprint density at radius 3 is 2.82 bits per heavy atom. The van der Waals surface area contributed by atoms with Gasteiger partial charge in [0, 0.05) is 6.20 Å². The van der Waals surface area contributed by atoms with Gasteiger partial charge in [-0.1, -0.05) is 0 Å². The molecule has 1 saturated heterocycles. The third-order valence-electron chi connectivity index (χ3n) is 2.55. The van der Waals surface area contributed by atoms with E-state index in [4.69, 9.17) is 16.9 Å². The summed E-state index contributed by atoms with van der Waals surface area (Å²) in [5.74, 6) is 0.0151. The Labute approximate surface area is 97.3 Å². The van der Waals surface area contributed by atoms with Crippen molar-refractivity contribution < 1.29 is 21.4 Å². The molecule has 0 saturated carbocycles. The maximum absolute atomic E-state index is 11.5. The van der Waals surface area contributed by atoms with Crippen molar-refractivity contribution in [1.82, 2.24) is 9.55 Å². The third kappa shape index (κ3) is 2.03. The number of aliphatic hydroxyl groups excluding tert-OH is 3. The van der Waals surface area contributed by atoms with Gasteiger partial charge in [-0.25, -0.2) is 4.79 Å². The van der Waals surface area contributed by atoms with E-state index in [0.29, 0.717) is 0 Å². The van der Waals surface area contributed by atoms with E-state index in [1.807, 2.05) is 0 Å². The predicted molar refractivity (Wildman–Crippen MR) is 55.9 cm³/mol. The minimum absolute atomic E-state index is 0.0151. The van der Waals surface area contributed by atoms with Crippen LogP contribution in [-0.2, 0) is 4.74 Å². The quantitative estimate of drug-likeness (QED) is 0.450. The summed E-state index contributed by atoms with van der Waals surface area (Å²) in [6.45, 7) is -1.72. The normalized spacial score (nSPS) is 35.6. The Balaban J connectivity index is 2.32. The molecule has 5 N–H and O–H groups in total. The minimum atomic E-state index is -1.72. The van der Waals surface area contributed by atoms with E-state index in [0.717, 1.165) is 4.57 Å². The second-order valence-corrected chi connectivity index (χ2v) is 3.66. The summed E-state index contributed by atoms with van der Waals surface area (Å²) >= 11 is 0. The number of hydrogen-bond donors (Lipinski definition) is 4. The number of nitrogen functional groups attached to an aromatic ring is 1. The zero-order valence-electron chi connectivity index (χ0n) is 9.67. The summed E-state index contributed by atoms with van der Waals surface area (Å²) in [6.07, 6.45) is -4.17. The summed E-state index contributed by atoms with van der Waals surface area (Å²) < 4.78 is 13.1. The first-order valence-electron chi connectivity index (χ1n) is 5.46. The van der Waals surface area contributed by atoms with Gasteiger partial charge in [0.05, 0.1) is 7.95 Å². The van der Waals surface area contributed by atoms with E-state index in [1.165, 1.54) is 12.3 Å². The van der Waals surface area contributed by atoms with Crippen molar-refractivity contribution in [2.24, 2.45) is 0 Å². The second-order valence-electron chi connectivity index (χ2n) is 3.66. The fourth-order valence-corrected chi connectivity index (χ4v) is 1.66. The van der Waals surface area contributed by atoms with Crippen molar-refractivity contribution in [1.29, 1.82) is 0 Å². The molecule has 1 unspecified atom stereocenters. The lowest BCUT2D eigenvalue weighted by Gasteiger charge is -2.16. The average molecular weight is 244 g/mol. The summed E-state index contributed by atoms with van der Waals surface area (Å²) in [5, 5.41) is 28.4. The number of aliphatic hydroxyl groups is 3. The number of ether oxygens (including phenoxy) is 1. The van der Waals surface area contributed by atoms with E-state index < -0.39 is 36.8 Å². The van der Waals surface area contributed by atoms with Crippen molar-refractivity contribution in [3.8, 4) is 0 Å². The molecule has 1 aliphatic rings. The number of rotatable bonds is 2. The molecule has 0 aliphatic carbocycles. The summed E-state index contributed by atoms with van der Waals surface area (Å²) in [6, 6.07) is 1.33. The van der Waals surface area contributed by atoms with Gasteiger partial charge in [-0.2, -0.15) is 4.98 Å². The first-order chi connectivity index (χ1) is 8.41. The van der Waals surface area contributed by atoms with Crippen LogP contribution >= 0.6 is 0 Å². The van der Waals surface area contributed by atoms with Crippen LogP contribution < -0.4 is 11.4 Å². The largest absolute Gasteiger partial charge is 0.394 e. The fraction of sp³-hybridized carbons (Fsp3) is 0.556. The van der Waals surface area contributed by atoms with Crippen molar-refractivity contribution in [2.45, 2.75) is 24.5 Å². The van der Waals surface area contributed by atoms with Crippen LogP contribution in [0.4, 0.5) is 5.82 Å². The third-order valence-corrected chi connectivity index (χ3v) is 2.55. The molecular weight excluding hydrogens is 230 g/mol. The Bertz CT molecular complexity index is 493. The summed E-state index contributed by atoms with van der Waals surface area (Å²) in [5.41, 5.74) is 4.56. The van der Waals surface area contributed by atoms with Crippen molar-refractivity contribution in [3.63, 3.8) is 0 Å². The molecule has 0 bridgehead atoms. The van der Waals surface area contributed by atoms with Gasteiger partial charge in [0.25, 0.3) is 0 Å². The molecule has 8 heteroatoms. The van der Waals surface area contributed by atoms with Crippen LogP contribution in [0.2, 0.25) is 0 Å². The van der Waals surface area contributed by atoms with E-state index in [1.54, 1.807) is 0 Å². The summed E-state index contributed by atoms with van der Waals surface area (Å²) in [4.78, 5) is 15.0. The molecule has 94 valence electrons. The van der Waals surface area contributed by atoms with Crippen molar-refractivity contribution in [2.75, 3.05) is 12.3 Å². The van der Waals surface area contributed by atoms with Gasteiger partial charge >= 0.3 is 5.69 Å². The second kappa shape index (κ2) is 4.41. The lowest BCUT2D eigenvalue weighted by Crippen LogP contribution is -2.36. The zero-order chi connectivity index (χ0) is 13.4. The van der Waals surface area contributed by atoms with Gasteiger partial charge < -0.3 is 25.8 Å². The van der Waals surface area contributed by atoms with E-state index in [9.17, 15) is 15.0 Å². The number of hydrogen-bond acceptors (Lipinski definition) is 7. The zero-order valence-corrected chi connectivity index (χ0v) is 8.67. The van der Waals surface area contributed by atoms with Gasteiger partial charge in [-0.3, -0.25) is 4.57 Å². The topological polar surface area (TPSA) is 131 Å². The molecule has 2 heterocycles. The lowest BCUT2D eigenvalue weighted by atomic mass is 10.1. The molecule has 1 aromatic rings. The Morgan fingerprint density at radius 1 is 1.59 bits per heavy atom. The maximum Gasteiger partial charge on any atom is 0.351 e. The van der Waals surface area contributed by atoms with Crippen LogP contribution in [0.15, 0.2) is 17.1 Å². The highest BCUT2D eigenvalue weighted by molar-refractivity contribution is 5.23. The van der Waals surface area contributed by atoms with E-state index in [-0.39, 0.29) is 5.82 Å². The van der Waals surface area contributed by atoms with Gasteiger partial charge in [0.15, 0.2) is 6.23 Å². The molecular formula is C9H13N3O5. The molecule has 17 heavy (non-hydrogen) atoms. The maximum atomic E-state index is 11.5. The molecule has 1 aromatic heterocycles. The Morgan fingerprint density at radius 2 is 2.29 bits per heavy atom. The van der Waals surface area contributed by atoms with Crippen molar-refractivity contribution in [3.05, 3.63) is 22.7 Å². The first-order valence-corrected chi connectivity index (χ1v) is 4.88. The van der Waals surface area contributed by atoms with Crippen LogP contribution in [0.5, 0.6) is 0 Å². The number of anilines is 1. The molecule has 0 aromatic carbocycles. The Hall–Kier alpha value is -1.48. The molecule has 0 spiro atoms. The van der Waals surface area contributed by atoms with Crippen LogP contribution in [-0.4, -0.2) is 49.8 Å². The highest BCUT2D eigenvalue weighted by Crippen LogP contribution is 2.27. The minimum Gasteiger partial charge on any atom is -0.394 e. The van der Waals surface area contributed by atoms with Crippen molar-refractivity contribution >= 4 is 5.82 Å². The van der Waals surface area contributed by atoms with E-state index >= 15 is 0 Å². The average Bonchev–Trinajstić information content (AvgIpc) is 2.57. The number of aromatic nitrogens is 2. The van der Waals surface area contributed by atoms with Gasteiger partial charge in [0.1, 0.15) is 24.1 Å². The van der Waals surface area contributed by atoms with Gasteiger partial charge in [0.2, 0.25) is 0 Å². The standard InChI is InChI=1S/C9H13N3O5/c10-5-1-2-12(9(16)11-5)8-7(15)6(14)4(3-13)17-8/h1-2,4,6-8,13-15H,3H2,(H2,10,11,16)/t4-,6-,7-,8-/m1/s1/i3D/t3?,4-,6-,7-,8-. The highest BCUT2D eigenvalue weighted by atomic mass is 16.6. The molecule has 2 rings (SSSR count). The van der Waals surface area contributed by atoms with E-state index in [2.05, 4.69) is 4.98 Å². The molecule has 1 fully saturated rings.